The third-order valence-electron chi connectivity index (χ3n) is 6.51. The Bertz CT molecular complexity index is 1520. The predicted octanol–water partition coefficient (Wildman–Crippen LogP) is 4.57. The Balaban J connectivity index is 1.52. The van der Waals surface area contributed by atoms with Crippen LogP contribution in [0.15, 0.2) is 107 Å². The van der Waals surface area contributed by atoms with Gasteiger partial charge in [-0.2, -0.15) is 0 Å². The summed E-state index contributed by atoms with van der Waals surface area (Å²) in [7, 11) is 0. The number of carbonyl (C=O) groups is 2. The highest BCUT2D eigenvalue weighted by Crippen LogP contribution is 2.40. The third kappa shape index (κ3) is 5.24. The number of nitrogens with one attached hydrogen (secondary N) is 1. The van der Waals surface area contributed by atoms with Crippen molar-refractivity contribution < 1.29 is 24.4 Å². The number of carbonyl (C=O) groups excluding carboxylic acids is 2. The molecule has 0 bridgehead atoms. The Kier molecular flexibility index (Phi) is 7.38. The van der Waals surface area contributed by atoms with Crippen LogP contribution in [0.1, 0.15) is 33.9 Å². The van der Waals surface area contributed by atoms with Gasteiger partial charge >= 0.3 is 0 Å². The summed E-state index contributed by atoms with van der Waals surface area (Å²) in [5, 5.41) is 13.9. The monoisotopic (exact) mass is 568 g/mol. The molecule has 0 spiro atoms. The summed E-state index contributed by atoms with van der Waals surface area (Å²) in [6, 6.07) is 25.2. The van der Waals surface area contributed by atoms with Gasteiger partial charge in [0.05, 0.1) is 12.6 Å². The topological polar surface area (TPSA) is 83.8 Å². The van der Waals surface area contributed by atoms with Crippen LogP contribution in [0.25, 0.3) is 5.76 Å². The molecule has 6 nitrogen and oxygen atoms in total. The SMILES string of the molecule is Cc1cc(OCc2ccccc2)ccc1C([O-])=C1C(=O)C(=O)N(Cc2ccc[nH+]c2)C1c1cccc(Br)c1. The van der Waals surface area contributed by atoms with Gasteiger partial charge in [-0.3, -0.25) is 9.59 Å². The Hall–Kier alpha value is -4.23. The van der Waals surface area contributed by atoms with Crippen molar-refractivity contribution in [3.63, 3.8) is 0 Å². The predicted molar refractivity (Wildman–Crippen MR) is 144 cm³/mol. The van der Waals surface area contributed by atoms with Crippen LogP contribution in [-0.2, 0) is 22.7 Å². The van der Waals surface area contributed by atoms with Crippen molar-refractivity contribution in [2.24, 2.45) is 0 Å². The maximum atomic E-state index is 13.9. The first-order valence-corrected chi connectivity index (χ1v) is 13.0. The van der Waals surface area contributed by atoms with E-state index in [-0.39, 0.29) is 12.1 Å². The first kappa shape index (κ1) is 25.4. The van der Waals surface area contributed by atoms with Crippen molar-refractivity contribution >= 4 is 33.4 Å². The molecule has 38 heavy (non-hydrogen) atoms. The molecule has 1 aliphatic heterocycles. The van der Waals surface area contributed by atoms with E-state index in [0.29, 0.717) is 29.0 Å². The zero-order chi connectivity index (χ0) is 26.6. The number of hydrogen-bond acceptors (Lipinski definition) is 4. The zero-order valence-electron chi connectivity index (χ0n) is 20.7. The summed E-state index contributed by atoms with van der Waals surface area (Å²) >= 11 is 3.48. The summed E-state index contributed by atoms with van der Waals surface area (Å²) in [4.78, 5) is 31.0. The van der Waals surface area contributed by atoms with Gasteiger partial charge in [0.1, 0.15) is 12.4 Å². The van der Waals surface area contributed by atoms with Crippen LogP contribution >= 0.6 is 15.9 Å². The first-order chi connectivity index (χ1) is 18.4. The summed E-state index contributed by atoms with van der Waals surface area (Å²) in [5.74, 6) is -1.30. The minimum atomic E-state index is -0.811. The molecule has 2 heterocycles. The maximum Gasteiger partial charge on any atom is 0.295 e. The molecule has 1 aliphatic rings. The number of nitrogens with zero attached hydrogens (tertiary/aromatic N) is 1. The van der Waals surface area contributed by atoms with Crippen molar-refractivity contribution in [2.75, 3.05) is 0 Å². The largest absolute Gasteiger partial charge is 0.872 e. The average molecular weight is 569 g/mol. The molecule has 1 amide bonds. The summed E-state index contributed by atoms with van der Waals surface area (Å²) < 4.78 is 6.69. The smallest absolute Gasteiger partial charge is 0.295 e. The number of benzene rings is 3. The Morgan fingerprint density at radius 1 is 0.974 bits per heavy atom. The molecule has 0 saturated carbocycles. The lowest BCUT2D eigenvalue weighted by Crippen LogP contribution is -2.29. The lowest BCUT2D eigenvalue weighted by Gasteiger charge is -2.28. The van der Waals surface area contributed by atoms with Gasteiger partial charge in [0.2, 0.25) is 5.78 Å². The molecule has 1 N–H and O–H groups in total. The molecular formula is C31H25BrN2O4. The van der Waals surface area contributed by atoms with Crippen molar-refractivity contribution in [2.45, 2.75) is 26.1 Å². The molecule has 1 aromatic heterocycles. The molecule has 4 aromatic rings. The normalized spacial score (nSPS) is 16.6. The van der Waals surface area contributed by atoms with Crippen LogP contribution in [0.3, 0.4) is 0 Å². The number of H-pyrrole nitrogens is 1. The third-order valence-corrected chi connectivity index (χ3v) is 7.00. The number of hydrogen-bond donors (Lipinski definition) is 0. The lowest BCUT2D eigenvalue weighted by molar-refractivity contribution is -0.378. The van der Waals surface area contributed by atoms with Crippen LogP contribution < -0.4 is 14.8 Å². The number of likely N-dealkylation sites (tertiary alicyclic amines) is 1. The molecule has 3 aromatic carbocycles. The van der Waals surface area contributed by atoms with Crippen LogP contribution in [0, 0.1) is 6.92 Å². The van der Waals surface area contributed by atoms with Crippen LogP contribution in [0.4, 0.5) is 0 Å². The van der Waals surface area contributed by atoms with E-state index >= 15 is 0 Å². The fourth-order valence-corrected chi connectivity index (χ4v) is 5.07. The van der Waals surface area contributed by atoms with E-state index in [4.69, 9.17) is 4.74 Å². The Morgan fingerprint density at radius 2 is 1.76 bits per heavy atom. The second-order valence-corrected chi connectivity index (χ2v) is 10.0. The van der Waals surface area contributed by atoms with Gasteiger partial charge in [-0.1, -0.05) is 70.2 Å². The second kappa shape index (κ2) is 11.0. The van der Waals surface area contributed by atoms with E-state index in [1.54, 1.807) is 37.5 Å². The van der Waals surface area contributed by atoms with Crippen LogP contribution in [-0.4, -0.2) is 16.6 Å². The number of ether oxygens (including phenoxy) is 1. The molecule has 0 aliphatic carbocycles. The molecule has 1 unspecified atom stereocenters. The molecule has 5 rings (SSSR count). The van der Waals surface area contributed by atoms with E-state index in [1.165, 1.54) is 4.90 Å². The number of aryl methyl sites for hydroxylation is 1. The molecule has 190 valence electrons. The van der Waals surface area contributed by atoms with E-state index in [2.05, 4.69) is 20.9 Å². The van der Waals surface area contributed by atoms with Gasteiger partial charge in [-0.05, 0) is 59.5 Å². The minimum absolute atomic E-state index is 0.0472. The summed E-state index contributed by atoms with van der Waals surface area (Å²) in [5.41, 5.74) is 3.51. The highest BCUT2D eigenvalue weighted by molar-refractivity contribution is 9.10. The van der Waals surface area contributed by atoms with Gasteiger partial charge in [-0.15, -0.1) is 0 Å². The Labute approximate surface area is 229 Å². The lowest BCUT2D eigenvalue weighted by atomic mass is 9.94. The fraction of sp³-hybridized carbons (Fsp3) is 0.129. The Morgan fingerprint density at radius 3 is 2.47 bits per heavy atom. The number of aromatic amines is 1. The van der Waals surface area contributed by atoms with Gasteiger partial charge in [0.15, 0.2) is 12.4 Å². The molecule has 0 radical (unpaired) electrons. The van der Waals surface area contributed by atoms with E-state index < -0.39 is 23.5 Å². The number of aromatic nitrogens is 1. The van der Waals surface area contributed by atoms with Crippen LogP contribution in [0.5, 0.6) is 5.75 Å². The van der Waals surface area contributed by atoms with Gasteiger partial charge < -0.3 is 14.7 Å². The molecule has 1 atom stereocenters. The molecule has 1 saturated heterocycles. The number of pyridine rings is 1. The number of Topliss-reactive ketones (excluding diaryl/α,β-unsaturated/α-hetero) is 1. The van der Waals surface area contributed by atoms with Crippen molar-refractivity contribution in [1.82, 2.24) is 4.90 Å². The number of rotatable bonds is 7. The second-order valence-electron chi connectivity index (χ2n) is 9.13. The van der Waals surface area contributed by atoms with Crippen LogP contribution in [0.2, 0.25) is 0 Å². The quantitative estimate of drug-likeness (QED) is 0.186. The summed E-state index contributed by atoms with van der Waals surface area (Å²) in [6.45, 7) is 2.38. The molecule has 1 fully saturated rings. The van der Waals surface area contributed by atoms with E-state index in [0.717, 1.165) is 15.6 Å². The number of ketones is 1. The minimum Gasteiger partial charge on any atom is -0.872 e. The highest BCUT2D eigenvalue weighted by atomic mass is 79.9. The fourth-order valence-electron chi connectivity index (χ4n) is 4.65. The van der Waals surface area contributed by atoms with Gasteiger partial charge in [0.25, 0.3) is 5.91 Å². The van der Waals surface area contributed by atoms with Crippen molar-refractivity contribution in [3.8, 4) is 5.75 Å². The number of amides is 1. The van der Waals surface area contributed by atoms with Crippen molar-refractivity contribution in [1.29, 1.82) is 0 Å². The molecular weight excluding hydrogens is 544 g/mol. The van der Waals surface area contributed by atoms with Gasteiger partial charge in [0, 0.05) is 21.7 Å². The van der Waals surface area contributed by atoms with Crippen molar-refractivity contribution in [3.05, 3.63) is 135 Å². The highest BCUT2D eigenvalue weighted by Gasteiger charge is 2.44. The van der Waals surface area contributed by atoms with E-state index in [1.807, 2.05) is 66.7 Å². The average Bonchev–Trinajstić information content (AvgIpc) is 3.18. The maximum absolute atomic E-state index is 13.9. The molecule has 7 heteroatoms. The first-order valence-electron chi connectivity index (χ1n) is 12.2. The van der Waals surface area contributed by atoms with E-state index in [9.17, 15) is 14.7 Å². The number of halogens is 1. The zero-order valence-corrected chi connectivity index (χ0v) is 22.3. The standard InChI is InChI=1S/C31H25BrN2O4/c1-20-15-25(38-19-21-7-3-2-4-8-21)12-13-26(20)29(35)27-28(23-10-5-11-24(32)16-23)34(31(37)30(27)36)18-22-9-6-14-33-17-22/h2-17,28,35H,18-19H2,1H3. The van der Waals surface area contributed by atoms with Gasteiger partial charge in [-0.25, -0.2) is 4.98 Å². The summed E-state index contributed by atoms with van der Waals surface area (Å²) in [6.07, 6.45) is 3.54.